The molecule has 2 aliphatic rings. The van der Waals surface area contributed by atoms with E-state index in [1.807, 2.05) is 6.07 Å². The summed E-state index contributed by atoms with van der Waals surface area (Å²) in [5.74, 6) is -1.86. The molecule has 2 fully saturated rings. The number of alkyl halides is 3. The highest BCUT2D eigenvalue weighted by Crippen LogP contribution is 2.42. The molecule has 45 heavy (non-hydrogen) atoms. The molecule has 1 saturated heterocycles. The summed E-state index contributed by atoms with van der Waals surface area (Å²) in [5, 5.41) is 10.2. The smallest absolute Gasteiger partial charge is 0.416 e. The predicted molar refractivity (Wildman–Crippen MR) is 166 cm³/mol. The fourth-order valence-electron chi connectivity index (χ4n) is 6.76. The van der Waals surface area contributed by atoms with Crippen molar-refractivity contribution < 1.29 is 36.2 Å². The van der Waals surface area contributed by atoms with E-state index < -0.39 is 33.7 Å². The number of anilines is 1. The molecule has 1 heterocycles. The molecule has 5 rings (SSSR count). The van der Waals surface area contributed by atoms with Crippen LogP contribution in [-0.4, -0.2) is 58.2 Å². The number of aliphatic carboxylic acids is 1. The number of rotatable bonds is 9. The van der Waals surface area contributed by atoms with Crippen molar-refractivity contribution in [2.45, 2.75) is 55.0 Å². The minimum atomic E-state index is -4.45. The molecule has 0 radical (unpaired) electrons. The second kappa shape index (κ2) is 13.4. The van der Waals surface area contributed by atoms with Crippen LogP contribution in [0.1, 0.15) is 60.6 Å². The maximum absolute atomic E-state index is 13.6. The largest absolute Gasteiger partial charge is 0.493 e. The summed E-state index contributed by atoms with van der Waals surface area (Å²) < 4.78 is 72.9. The van der Waals surface area contributed by atoms with E-state index in [9.17, 15) is 31.5 Å². The van der Waals surface area contributed by atoms with Crippen molar-refractivity contribution in [1.29, 1.82) is 0 Å². The van der Waals surface area contributed by atoms with Crippen molar-refractivity contribution in [1.82, 2.24) is 4.90 Å². The van der Waals surface area contributed by atoms with E-state index in [1.54, 1.807) is 42.5 Å². The number of benzene rings is 3. The molecule has 4 atom stereocenters. The first-order valence-electron chi connectivity index (χ1n) is 15.2. The van der Waals surface area contributed by atoms with E-state index in [0.717, 1.165) is 55.6 Å². The lowest BCUT2D eigenvalue weighted by molar-refractivity contribution is -0.146. The molecule has 0 unspecified atom stereocenters. The number of carbonyl (C=O) groups is 1. The summed E-state index contributed by atoms with van der Waals surface area (Å²) in [5.41, 5.74) is 1.49. The number of halogens is 3. The first-order valence-corrected chi connectivity index (χ1v) is 16.7. The van der Waals surface area contributed by atoms with E-state index >= 15 is 0 Å². The van der Waals surface area contributed by atoms with Gasteiger partial charge in [0.25, 0.3) is 10.0 Å². The summed E-state index contributed by atoms with van der Waals surface area (Å²) in [6, 6.07) is 18.5. The lowest BCUT2D eigenvalue weighted by Crippen LogP contribution is -2.36. The van der Waals surface area contributed by atoms with Crippen LogP contribution in [0.2, 0.25) is 0 Å². The van der Waals surface area contributed by atoms with Gasteiger partial charge in [0, 0.05) is 19.5 Å². The van der Waals surface area contributed by atoms with Gasteiger partial charge in [-0.3, -0.25) is 9.10 Å². The minimum absolute atomic E-state index is 0.0636. The fourth-order valence-corrected chi connectivity index (χ4v) is 8.01. The molecular formula is C34H39F3N2O5S. The van der Waals surface area contributed by atoms with Crippen molar-refractivity contribution in [3.63, 3.8) is 0 Å². The molecule has 0 bridgehead atoms. The van der Waals surface area contributed by atoms with Crippen LogP contribution in [0, 0.1) is 11.8 Å². The van der Waals surface area contributed by atoms with E-state index in [1.165, 1.54) is 23.5 Å². The number of nitrogens with zero attached hydrogens (tertiary/aromatic N) is 2. The van der Waals surface area contributed by atoms with Gasteiger partial charge in [0.1, 0.15) is 5.75 Å². The van der Waals surface area contributed by atoms with Crippen LogP contribution in [0.4, 0.5) is 18.9 Å². The number of piperidine rings is 1. The molecule has 1 saturated carbocycles. The zero-order valence-corrected chi connectivity index (χ0v) is 26.2. The molecule has 11 heteroatoms. The molecular weight excluding hydrogens is 605 g/mol. The fraction of sp³-hybridized carbons (Fsp3) is 0.441. The van der Waals surface area contributed by atoms with Crippen LogP contribution in [0.3, 0.4) is 0 Å². The monoisotopic (exact) mass is 644 g/mol. The molecule has 1 aliphatic carbocycles. The standard InChI is InChI=1S/C34H39F3N2O5S/c1-38-19-5-8-25(21-38)24-6-3-9-30(20-24)45(42,43)39(2)28-15-11-23(12-16-28)31-10-4-7-26(32(31)33(40)41)22-44-29-17-13-27(14-18-29)34(35,36)37/h3,6,9,11-18,20,25-26,31-32H,4-5,7-8,10,19,21-22H2,1-2H3,(H,40,41)/t25-,26+,31-,32+/m1/s1. The van der Waals surface area contributed by atoms with Gasteiger partial charge < -0.3 is 14.7 Å². The Kier molecular flexibility index (Phi) is 9.79. The third-order valence-corrected chi connectivity index (χ3v) is 11.0. The SMILES string of the molecule is CN1CCC[C@@H](c2cccc(S(=O)(=O)N(C)c3ccc([C@H]4CCC[C@@H](COc5ccc(C(F)(F)F)cc5)[C@@H]4C(=O)O)cc3)c2)C1. The van der Waals surface area contributed by atoms with Crippen LogP contribution in [0.5, 0.6) is 5.75 Å². The predicted octanol–water partition coefficient (Wildman–Crippen LogP) is 7.00. The van der Waals surface area contributed by atoms with Crippen LogP contribution in [-0.2, 0) is 21.0 Å². The number of carboxylic acid groups (broad SMARTS) is 1. The molecule has 0 spiro atoms. The Bertz CT molecular complexity index is 1580. The molecule has 1 N–H and O–H groups in total. The lowest BCUT2D eigenvalue weighted by Gasteiger charge is -2.36. The van der Waals surface area contributed by atoms with E-state index in [4.69, 9.17) is 4.74 Å². The lowest BCUT2D eigenvalue weighted by atomic mass is 9.69. The Morgan fingerprint density at radius 2 is 1.69 bits per heavy atom. The summed E-state index contributed by atoms with van der Waals surface area (Å²) in [4.78, 5) is 15.0. The number of likely N-dealkylation sites (N-methyl/N-ethyl adjacent to an activating group) is 1. The van der Waals surface area contributed by atoms with Crippen LogP contribution >= 0.6 is 0 Å². The Morgan fingerprint density at radius 1 is 0.978 bits per heavy atom. The molecule has 0 aromatic heterocycles. The highest BCUT2D eigenvalue weighted by molar-refractivity contribution is 7.92. The van der Waals surface area contributed by atoms with Gasteiger partial charge >= 0.3 is 12.1 Å². The summed E-state index contributed by atoms with van der Waals surface area (Å²) in [6.45, 7) is 1.99. The number of likely N-dealkylation sites (tertiary alicyclic amines) is 1. The van der Waals surface area contributed by atoms with E-state index in [-0.39, 0.29) is 35.0 Å². The summed E-state index contributed by atoms with van der Waals surface area (Å²) in [7, 11) is -0.244. The number of sulfonamides is 1. The van der Waals surface area contributed by atoms with Gasteiger partial charge in [-0.15, -0.1) is 0 Å². The van der Waals surface area contributed by atoms with Crippen molar-refractivity contribution in [3.05, 3.63) is 89.5 Å². The highest BCUT2D eigenvalue weighted by Gasteiger charge is 2.40. The Balaban J connectivity index is 1.28. The Hall–Kier alpha value is -3.57. The van der Waals surface area contributed by atoms with Gasteiger partial charge in [0.2, 0.25) is 0 Å². The van der Waals surface area contributed by atoms with E-state index in [2.05, 4.69) is 11.9 Å². The molecule has 3 aromatic rings. The number of ether oxygens (including phenoxy) is 1. The zero-order valence-electron chi connectivity index (χ0n) is 25.4. The maximum atomic E-state index is 13.6. The minimum Gasteiger partial charge on any atom is -0.493 e. The zero-order chi connectivity index (χ0) is 32.4. The van der Waals surface area contributed by atoms with Crippen molar-refractivity contribution in [3.8, 4) is 5.75 Å². The van der Waals surface area contributed by atoms with Gasteiger partial charge in [-0.25, -0.2) is 8.42 Å². The Morgan fingerprint density at radius 3 is 2.33 bits per heavy atom. The van der Waals surface area contributed by atoms with E-state index in [0.29, 0.717) is 18.5 Å². The van der Waals surface area contributed by atoms with Crippen molar-refractivity contribution in [2.24, 2.45) is 11.8 Å². The normalized spacial score (nSPS) is 23.0. The molecule has 242 valence electrons. The second-order valence-electron chi connectivity index (χ2n) is 12.2. The first-order chi connectivity index (χ1) is 21.3. The summed E-state index contributed by atoms with van der Waals surface area (Å²) >= 11 is 0. The van der Waals surface area contributed by atoms with Crippen LogP contribution < -0.4 is 9.04 Å². The second-order valence-corrected chi connectivity index (χ2v) is 14.2. The maximum Gasteiger partial charge on any atom is 0.416 e. The topological polar surface area (TPSA) is 87.2 Å². The van der Waals surface area contributed by atoms with Gasteiger partial charge in [-0.1, -0.05) is 30.7 Å². The van der Waals surface area contributed by atoms with Gasteiger partial charge in [-0.2, -0.15) is 13.2 Å². The first kappa shape index (κ1) is 32.8. The molecule has 3 aromatic carbocycles. The van der Waals surface area contributed by atoms with Crippen LogP contribution in [0.25, 0.3) is 0 Å². The number of hydrogen-bond donors (Lipinski definition) is 1. The van der Waals surface area contributed by atoms with Crippen molar-refractivity contribution in [2.75, 3.05) is 38.1 Å². The average Bonchev–Trinajstić information content (AvgIpc) is 3.03. The van der Waals surface area contributed by atoms with Gasteiger partial charge in [0.15, 0.2) is 0 Å². The Labute approximate surface area is 262 Å². The quantitative estimate of drug-likeness (QED) is 0.270. The number of hydrogen-bond acceptors (Lipinski definition) is 5. The van der Waals surface area contributed by atoms with Crippen molar-refractivity contribution >= 4 is 21.7 Å². The van der Waals surface area contributed by atoms with Gasteiger partial charge in [0.05, 0.1) is 28.7 Å². The van der Waals surface area contributed by atoms with Gasteiger partial charge in [-0.05, 0) is 111 Å². The average molecular weight is 645 g/mol. The molecule has 0 amide bonds. The summed E-state index contributed by atoms with van der Waals surface area (Å²) in [6.07, 6.45) is -0.339. The highest BCUT2D eigenvalue weighted by atomic mass is 32.2. The third-order valence-electron chi connectivity index (χ3n) is 9.26. The number of carboxylic acids is 1. The molecule has 7 nitrogen and oxygen atoms in total. The molecule has 1 aliphatic heterocycles. The third kappa shape index (κ3) is 7.47. The van der Waals surface area contributed by atoms with Crippen LogP contribution in [0.15, 0.2) is 77.7 Å².